The van der Waals surface area contributed by atoms with Crippen LogP contribution in [0.1, 0.15) is 47.1 Å². The van der Waals surface area contributed by atoms with Crippen molar-refractivity contribution >= 4 is 17.6 Å². The van der Waals surface area contributed by atoms with Gasteiger partial charge in [0.15, 0.2) is 11.5 Å². The molecule has 1 fully saturated rings. The van der Waals surface area contributed by atoms with E-state index in [9.17, 15) is 19.8 Å². The van der Waals surface area contributed by atoms with Crippen LogP contribution in [0, 0.1) is 13.8 Å². The highest BCUT2D eigenvalue weighted by Crippen LogP contribution is 2.41. The lowest BCUT2D eigenvalue weighted by Gasteiger charge is -2.31. The number of likely N-dealkylation sites (N-methyl/N-ethyl adjacent to an activating group) is 1. The van der Waals surface area contributed by atoms with Crippen molar-refractivity contribution < 1.29 is 24.9 Å². The van der Waals surface area contributed by atoms with Crippen molar-refractivity contribution in [1.29, 1.82) is 0 Å². The van der Waals surface area contributed by atoms with Crippen LogP contribution < -0.4 is 0 Å². The van der Waals surface area contributed by atoms with Gasteiger partial charge in [0.05, 0.1) is 6.54 Å². The first kappa shape index (κ1) is 28.3. The van der Waals surface area contributed by atoms with Crippen molar-refractivity contribution in [3.63, 3.8) is 0 Å². The summed E-state index contributed by atoms with van der Waals surface area (Å²) >= 11 is 0. The number of amides is 1. The van der Waals surface area contributed by atoms with E-state index in [1.165, 1.54) is 0 Å². The van der Waals surface area contributed by atoms with E-state index < -0.39 is 17.9 Å². The van der Waals surface area contributed by atoms with E-state index in [1.54, 1.807) is 17.0 Å². The van der Waals surface area contributed by atoms with E-state index in [0.29, 0.717) is 39.0 Å². The van der Waals surface area contributed by atoms with Crippen molar-refractivity contribution in [1.82, 2.24) is 14.7 Å². The summed E-state index contributed by atoms with van der Waals surface area (Å²) in [6, 6.07) is 10.4. The van der Waals surface area contributed by atoms with E-state index in [0.717, 1.165) is 22.3 Å². The van der Waals surface area contributed by atoms with Gasteiger partial charge in [-0.15, -0.1) is 10.2 Å². The summed E-state index contributed by atoms with van der Waals surface area (Å²) in [6.45, 7) is 6.27. The molecule has 0 radical (unpaired) electrons. The van der Waals surface area contributed by atoms with Gasteiger partial charge >= 0.3 is 5.97 Å². The Morgan fingerprint density at radius 2 is 1.77 bits per heavy atom. The van der Waals surface area contributed by atoms with Gasteiger partial charge in [0.1, 0.15) is 17.5 Å². The van der Waals surface area contributed by atoms with Crippen molar-refractivity contribution in [3.05, 3.63) is 70.1 Å². The number of carbonyl (C=O) groups excluding carboxylic acids is 1. The number of aliphatic hydroxyl groups excluding tert-OH is 1. The van der Waals surface area contributed by atoms with Gasteiger partial charge in [0.2, 0.25) is 0 Å². The van der Waals surface area contributed by atoms with Crippen LogP contribution in [0.5, 0.6) is 5.75 Å². The molecule has 0 aromatic heterocycles. The molecular formula is C29H37N5O5. The summed E-state index contributed by atoms with van der Waals surface area (Å²) in [6.07, 6.45) is 1.43. The maximum Gasteiger partial charge on any atom is 0.317 e. The quantitative estimate of drug-likeness (QED) is 0.409. The molecule has 4 rings (SSSR count). The molecule has 39 heavy (non-hydrogen) atoms. The van der Waals surface area contributed by atoms with Gasteiger partial charge in [-0.2, -0.15) is 0 Å². The first-order chi connectivity index (χ1) is 18.6. The fourth-order valence-electron chi connectivity index (χ4n) is 5.20. The molecule has 1 saturated heterocycles. The number of azo groups is 1. The van der Waals surface area contributed by atoms with Gasteiger partial charge < -0.3 is 25.1 Å². The van der Waals surface area contributed by atoms with Crippen LogP contribution in [-0.4, -0.2) is 88.7 Å². The van der Waals surface area contributed by atoms with Gasteiger partial charge in [0, 0.05) is 13.1 Å². The number of para-hydroxylation sites is 1. The Balaban J connectivity index is 1.59. The summed E-state index contributed by atoms with van der Waals surface area (Å²) in [5.41, 5.74) is 3.77. The molecule has 2 aliphatic heterocycles. The number of likely N-dealkylation sites (tertiary alicyclic amines) is 1. The van der Waals surface area contributed by atoms with Crippen LogP contribution in [0.2, 0.25) is 0 Å². The molecule has 1 atom stereocenters. The molecule has 208 valence electrons. The van der Waals surface area contributed by atoms with Gasteiger partial charge in [-0.3, -0.25) is 14.5 Å². The predicted molar refractivity (Wildman–Crippen MR) is 147 cm³/mol. The van der Waals surface area contributed by atoms with Gasteiger partial charge in [0.25, 0.3) is 5.91 Å². The number of phenols is 1. The average molecular weight is 536 g/mol. The van der Waals surface area contributed by atoms with Gasteiger partial charge in [-0.05, 0) is 88.1 Å². The SMILES string of the molecule is Cc1ccc(C2C(O)=C(N=Nc3cccc(C4CCN(CC(=O)O)CC4)c3O)C(=O)N2CCN(C)C)cc1C. The van der Waals surface area contributed by atoms with Crippen molar-refractivity contribution in [2.75, 3.05) is 46.8 Å². The van der Waals surface area contributed by atoms with Crippen LogP contribution in [0.15, 0.2) is 58.1 Å². The maximum absolute atomic E-state index is 13.4. The Morgan fingerprint density at radius 3 is 2.41 bits per heavy atom. The third kappa shape index (κ3) is 6.29. The normalized spacial score (nSPS) is 19.2. The zero-order valence-electron chi connectivity index (χ0n) is 23.0. The molecule has 2 aromatic rings. The molecule has 0 spiro atoms. The monoisotopic (exact) mass is 535 g/mol. The average Bonchev–Trinajstić information content (AvgIpc) is 3.12. The molecule has 10 nitrogen and oxygen atoms in total. The summed E-state index contributed by atoms with van der Waals surface area (Å²) < 4.78 is 0. The predicted octanol–water partition coefficient (Wildman–Crippen LogP) is 4.27. The van der Waals surface area contributed by atoms with Crippen LogP contribution in [0.3, 0.4) is 0 Å². The molecule has 1 amide bonds. The number of aryl methyl sites for hydroxylation is 2. The van der Waals surface area contributed by atoms with Crippen molar-refractivity contribution in [2.45, 2.75) is 38.6 Å². The highest BCUT2D eigenvalue weighted by Gasteiger charge is 2.41. The number of aliphatic carboxylic acids is 1. The summed E-state index contributed by atoms with van der Waals surface area (Å²) in [5, 5.41) is 39.6. The molecule has 1 unspecified atom stereocenters. The first-order valence-corrected chi connectivity index (χ1v) is 13.2. The molecule has 2 aliphatic rings. The minimum Gasteiger partial charge on any atom is -0.507 e. The van der Waals surface area contributed by atoms with Crippen LogP contribution in [-0.2, 0) is 9.59 Å². The summed E-state index contributed by atoms with van der Waals surface area (Å²) in [4.78, 5) is 29.9. The second kappa shape index (κ2) is 12.0. The Bertz CT molecular complexity index is 1300. The molecule has 0 bridgehead atoms. The number of phenolic OH excluding ortho intramolecular Hbond substituents is 1. The molecule has 10 heteroatoms. The van der Waals surface area contributed by atoms with Crippen LogP contribution in [0.25, 0.3) is 0 Å². The Labute approximate surface area is 228 Å². The first-order valence-electron chi connectivity index (χ1n) is 13.2. The van der Waals surface area contributed by atoms with Crippen LogP contribution in [0.4, 0.5) is 5.69 Å². The minimum atomic E-state index is -0.849. The molecule has 2 aromatic carbocycles. The number of carboxylic acid groups (broad SMARTS) is 1. The van der Waals surface area contributed by atoms with Crippen LogP contribution >= 0.6 is 0 Å². The molecule has 0 aliphatic carbocycles. The van der Waals surface area contributed by atoms with Gasteiger partial charge in [-0.25, -0.2) is 0 Å². The lowest BCUT2D eigenvalue weighted by molar-refractivity contribution is -0.138. The smallest absolute Gasteiger partial charge is 0.317 e. The number of aromatic hydroxyl groups is 1. The summed E-state index contributed by atoms with van der Waals surface area (Å²) in [5.74, 6) is -1.38. The number of carbonyl (C=O) groups is 2. The topological polar surface area (TPSA) is 129 Å². The lowest BCUT2D eigenvalue weighted by Crippen LogP contribution is -2.36. The largest absolute Gasteiger partial charge is 0.507 e. The number of aliphatic hydroxyl groups is 1. The fourth-order valence-corrected chi connectivity index (χ4v) is 5.20. The Kier molecular flexibility index (Phi) is 8.66. The van der Waals surface area contributed by atoms with E-state index >= 15 is 0 Å². The second-order valence-corrected chi connectivity index (χ2v) is 10.6. The standard InChI is InChI=1S/C29H37N5O5/c1-18-8-9-21(16-19(18)2)26-28(38)25(29(39)34(26)15-14-32(3)4)31-30-23-7-5-6-22(27(23)37)20-10-12-33(13-11-20)17-24(35)36/h5-9,16,20,26,37-38H,10-15,17H2,1-4H3,(H,35,36). The van der Waals surface area contributed by atoms with E-state index in [-0.39, 0.29) is 35.4 Å². The highest BCUT2D eigenvalue weighted by atomic mass is 16.4. The third-order valence-corrected chi connectivity index (χ3v) is 7.60. The zero-order valence-corrected chi connectivity index (χ0v) is 23.0. The minimum absolute atomic E-state index is 0.00823. The van der Waals surface area contributed by atoms with Crippen molar-refractivity contribution in [2.24, 2.45) is 10.2 Å². The highest BCUT2D eigenvalue weighted by molar-refractivity contribution is 5.97. The second-order valence-electron chi connectivity index (χ2n) is 10.6. The molecule has 2 heterocycles. The number of rotatable bonds is 9. The molecule has 3 N–H and O–H groups in total. The van der Waals surface area contributed by atoms with E-state index in [4.69, 9.17) is 5.11 Å². The number of nitrogens with zero attached hydrogens (tertiary/aromatic N) is 5. The Hall–Kier alpha value is -3.76. The van der Waals surface area contributed by atoms with Gasteiger partial charge in [-0.1, -0.05) is 30.3 Å². The maximum atomic E-state index is 13.4. The third-order valence-electron chi connectivity index (χ3n) is 7.60. The number of hydrogen-bond donors (Lipinski definition) is 3. The Morgan fingerprint density at radius 1 is 1.05 bits per heavy atom. The number of benzene rings is 2. The van der Waals surface area contributed by atoms with Crippen molar-refractivity contribution in [3.8, 4) is 5.75 Å². The zero-order chi connectivity index (χ0) is 28.3. The fraction of sp³-hybridized carbons (Fsp3) is 0.448. The van der Waals surface area contributed by atoms with E-state index in [2.05, 4.69) is 10.2 Å². The number of carboxylic acids is 1. The molecule has 0 saturated carbocycles. The number of piperidine rings is 1. The molecular weight excluding hydrogens is 498 g/mol. The number of hydrogen-bond acceptors (Lipinski definition) is 8. The lowest BCUT2D eigenvalue weighted by atomic mass is 9.88. The van der Waals surface area contributed by atoms with E-state index in [1.807, 2.05) is 62.0 Å². The summed E-state index contributed by atoms with van der Waals surface area (Å²) in [7, 11) is 3.84.